The molecule has 1 saturated heterocycles. The van der Waals surface area contributed by atoms with E-state index in [1.807, 2.05) is 0 Å². The molecular weight excluding hydrogens is 206 g/mol. The number of carbonyl (C=O) groups is 2. The van der Waals surface area contributed by atoms with E-state index < -0.39 is 12.0 Å². The molecule has 4 heteroatoms. The first-order valence-electron chi connectivity index (χ1n) is 5.76. The number of nitrogens with zero attached hydrogens (tertiary/aromatic N) is 1. The summed E-state index contributed by atoms with van der Waals surface area (Å²) < 4.78 is 0. The van der Waals surface area contributed by atoms with E-state index in [1.165, 1.54) is 11.0 Å². The maximum Gasteiger partial charge on any atom is 0.326 e. The van der Waals surface area contributed by atoms with E-state index >= 15 is 0 Å². The van der Waals surface area contributed by atoms with Crippen LogP contribution in [0.25, 0.3) is 0 Å². The van der Waals surface area contributed by atoms with Crippen LogP contribution in [0.3, 0.4) is 0 Å². The number of rotatable bonds is 3. The van der Waals surface area contributed by atoms with Crippen LogP contribution < -0.4 is 0 Å². The minimum Gasteiger partial charge on any atom is -0.480 e. The molecule has 0 aromatic rings. The summed E-state index contributed by atoms with van der Waals surface area (Å²) in [5.41, 5.74) is 0. The number of carboxylic acid groups (broad SMARTS) is 1. The highest BCUT2D eigenvalue weighted by Crippen LogP contribution is 2.25. The van der Waals surface area contributed by atoms with E-state index in [9.17, 15) is 9.59 Å². The number of amides is 1. The topological polar surface area (TPSA) is 57.6 Å². The quantitative estimate of drug-likeness (QED) is 0.743. The normalized spacial score (nSPS) is 26.0. The fraction of sp³-hybridized carbons (Fsp3) is 0.667. The maximum absolute atomic E-state index is 11.7. The molecule has 0 aliphatic carbocycles. The van der Waals surface area contributed by atoms with Crippen LogP contribution in [0.4, 0.5) is 0 Å². The van der Waals surface area contributed by atoms with Crippen LogP contribution >= 0.6 is 0 Å². The molecule has 0 radical (unpaired) electrons. The molecule has 0 saturated carbocycles. The standard InChI is InChI=1S/C12H19NO3/c1-3-5-11(14)13-7-6-9(4-2)8-10(13)12(15)16/h3,5,9-10H,4,6-8H2,1-2H3,(H,15,16)/b5-3+. The highest BCUT2D eigenvalue weighted by atomic mass is 16.4. The number of likely N-dealkylation sites (tertiary alicyclic amines) is 1. The molecule has 0 spiro atoms. The number of allylic oxidation sites excluding steroid dienone is 1. The minimum absolute atomic E-state index is 0.190. The number of hydrogen-bond acceptors (Lipinski definition) is 2. The van der Waals surface area contributed by atoms with Crippen LogP contribution in [0.5, 0.6) is 0 Å². The Labute approximate surface area is 95.9 Å². The molecule has 4 nitrogen and oxygen atoms in total. The van der Waals surface area contributed by atoms with Gasteiger partial charge in [0.15, 0.2) is 0 Å². The van der Waals surface area contributed by atoms with Gasteiger partial charge in [-0.3, -0.25) is 4.79 Å². The molecular formula is C12H19NO3. The zero-order chi connectivity index (χ0) is 12.1. The highest BCUT2D eigenvalue weighted by Gasteiger charge is 2.34. The summed E-state index contributed by atoms with van der Waals surface area (Å²) in [5.74, 6) is -0.656. The first-order valence-corrected chi connectivity index (χ1v) is 5.76. The lowest BCUT2D eigenvalue weighted by atomic mass is 9.89. The lowest BCUT2D eigenvalue weighted by Gasteiger charge is -2.36. The molecule has 1 aliphatic rings. The van der Waals surface area contributed by atoms with E-state index in [1.54, 1.807) is 13.0 Å². The first-order chi connectivity index (χ1) is 7.60. The molecule has 16 heavy (non-hydrogen) atoms. The Morgan fingerprint density at radius 2 is 2.19 bits per heavy atom. The van der Waals surface area contributed by atoms with E-state index in [0.29, 0.717) is 18.9 Å². The molecule has 1 aliphatic heterocycles. The number of aliphatic carboxylic acids is 1. The lowest BCUT2D eigenvalue weighted by Crippen LogP contribution is -2.49. The van der Waals surface area contributed by atoms with E-state index in [-0.39, 0.29) is 5.91 Å². The molecule has 1 N–H and O–H groups in total. The highest BCUT2D eigenvalue weighted by molar-refractivity contribution is 5.91. The molecule has 0 bridgehead atoms. The van der Waals surface area contributed by atoms with E-state index in [2.05, 4.69) is 6.92 Å². The summed E-state index contributed by atoms with van der Waals surface area (Å²) in [5, 5.41) is 9.12. The fourth-order valence-electron chi connectivity index (χ4n) is 2.15. The van der Waals surface area contributed by atoms with Crippen molar-refractivity contribution in [3.8, 4) is 0 Å². The van der Waals surface area contributed by atoms with Gasteiger partial charge in [-0.25, -0.2) is 4.79 Å². The van der Waals surface area contributed by atoms with Crippen LogP contribution in [-0.4, -0.2) is 34.5 Å². The van der Waals surface area contributed by atoms with Crippen molar-refractivity contribution < 1.29 is 14.7 Å². The Bertz CT molecular complexity index is 299. The van der Waals surface area contributed by atoms with Gasteiger partial charge in [-0.05, 0) is 31.8 Å². The number of carbonyl (C=O) groups excluding carboxylic acids is 1. The third-order valence-corrected chi connectivity index (χ3v) is 3.17. The Hall–Kier alpha value is -1.32. The Morgan fingerprint density at radius 3 is 2.69 bits per heavy atom. The van der Waals surface area contributed by atoms with Crippen molar-refractivity contribution in [3.63, 3.8) is 0 Å². The van der Waals surface area contributed by atoms with Crippen LogP contribution in [0.2, 0.25) is 0 Å². The zero-order valence-corrected chi connectivity index (χ0v) is 9.85. The summed E-state index contributed by atoms with van der Waals surface area (Å²) >= 11 is 0. The van der Waals surface area contributed by atoms with Crippen molar-refractivity contribution in [3.05, 3.63) is 12.2 Å². The van der Waals surface area contributed by atoms with Gasteiger partial charge in [0.25, 0.3) is 0 Å². The second kappa shape index (κ2) is 5.68. The van der Waals surface area contributed by atoms with Gasteiger partial charge in [0.2, 0.25) is 5.91 Å². The molecule has 1 amide bonds. The second-order valence-electron chi connectivity index (χ2n) is 4.18. The Balaban J connectivity index is 2.76. The molecule has 90 valence electrons. The largest absolute Gasteiger partial charge is 0.480 e. The van der Waals surface area contributed by atoms with Crippen LogP contribution in [0, 0.1) is 5.92 Å². The molecule has 1 heterocycles. The molecule has 1 rings (SSSR count). The predicted octanol–water partition coefficient (Wildman–Crippen LogP) is 1.66. The van der Waals surface area contributed by atoms with Gasteiger partial charge in [0, 0.05) is 6.54 Å². The van der Waals surface area contributed by atoms with Crippen LogP contribution in [0.15, 0.2) is 12.2 Å². The van der Waals surface area contributed by atoms with Gasteiger partial charge in [-0.15, -0.1) is 0 Å². The van der Waals surface area contributed by atoms with Gasteiger partial charge >= 0.3 is 5.97 Å². The van der Waals surface area contributed by atoms with Gasteiger partial charge in [0.05, 0.1) is 0 Å². The summed E-state index contributed by atoms with van der Waals surface area (Å²) in [6.45, 7) is 4.37. The van der Waals surface area contributed by atoms with Crippen molar-refractivity contribution in [1.82, 2.24) is 4.90 Å². The van der Waals surface area contributed by atoms with Crippen molar-refractivity contribution in [2.24, 2.45) is 5.92 Å². The van der Waals surface area contributed by atoms with Crippen molar-refractivity contribution in [2.75, 3.05) is 6.54 Å². The van der Waals surface area contributed by atoms with Crippen molar-refractivity contribution >= 4 is 11.9 Å². The number of hydrogen-bond donors (Lipinski definition) is 1. The molecule has 2 atom stereocenters. The smallest absolute Gasteiger partial charge is 0.326 e. The van der Waals surface area contributed by atoms with Crippen molar-refractivity contribution in [2.45, 2.75) is 39.2 Å². The van der Waals surface area contributed by atoms with Crippen LogP contribution in [0.1, 0.15) is 33.1 Å². The molecule has 0 aromatic carbocycles. The molecule has 0 aromatic heterocycles. The summed E-state index contributed by atoms with van der Waals surface area (Å²) in [4.78, 5) is 24.3. The van der Waals surface area contributed by atoms with Gasteiger partial charge < -0.3 is 10.0 Å². The third-order valence-electron chi connectivity index (χ3n) is 3.17. The number of carboxylic acids is 1. The Kier molecular flexibility index (Phi) is 4.52. The average molecular weight is 225 g/mol. The van der Waals surface area contributed by atoms with Gasteiger partial charge in [0.1, 0.15) is 6.04 Å². The summed E-state index contributed by atoms with van der Waals surface area (Å²) in [7, 11) is 0. The zero-order valence-electron chi connectivity index (χ0n) is 9.85. The SMILES string of the molecule is C/C=C/C(=O)N1CCC(CC)CC1C(=O)O. The van der Waals surface area contributed by atoms with E-state index in [4.69, 9.17) is 5.11 Å². The van der Waals surface area contributed by atoms with Crippen molar-refractivity contribution in [1.29, 1.82) is 0 Å². The summed E-state index contributed by atoms with van der Waals surface area (Å²) in [6.07, 6.45) is 5.55. The maximum atomic E-state index is 11.7. The second-order valence-corrected chi connectivity index (χ2v) is 4.18. The first kappa shape index (κ1) is 12.7. The summed E-state index contributed by atoms with van der Waals surface area (Å²) in [6, 6.07) is -0.651. The van der Waals surface area contributed by atoms with Crippen LogP contribution in [-0.2, 0) is 9.59 Å². The minimum atomic E-state index is -0.893. The molecule has 1 fully saturated rings. The van der Waals surface area contributed by atoms with Gasteiger partial charge in [-0.2, -0.15) is 0 Å². The molecule has 2 unspecified atom stereocenters. The lowest BCUT2D eigenvalue weighted by molar-refractivity contribution is -0.151. The monoisotopic (exact) mass is 225 g/mol. The average Bonchev–Trinajstić information content (AvgIpc) is 2.28. The predicted molar refractivity (Wildman–Crippen MR) is 61.0 cm³/mol. The number of piperidine rings is 1. The van der Waals surface area contributed by atoms with Gasteiger partial charge in [-0.1, -0.05) is 19.4 Å². The van der Waals surface area contributed by atoms with E-state index in [0.717, 1.165) is 12.8 Å². The Morgan fingerprint density at radius 1 is 1.50 bits per heavy atom. The third kappa shape index (κ3) is 2.84. The fourth-order valence-corrected chi connectivity index (χ4v) is 2.15.